The molecule has 1 rings (SSSR count). The maximum atomic E-state index is 11.2. The molecule has 1 aliphatic rings. The number of nitrogens with zero attached hydrogens (tertiary/aromatic N) is 1. The monoisotopic (exact) mass is 228 g/mol. The molecule has 0 fully saturated rings. The van der Waals surface area contributed by atoms with Gasteiger partial charge < -0.3 is 4.74 Å². The highest BCUT2D eigenvalue weighted by Crippen LogP contribution is 2.31. The van der Waals surface area contributed by atoms with E-state index in [-0.39, 0.29) is 5.25 Å². The predicted octanol–water partition coefficient (Wildman–Crippen LogP) is 1.28. The summed E-state index contributed by atoms with van der Waals surface area (Å²) in [4.78, 5) is 3.94. The Morgan fingerprint density at radius 3 is 2.87 bits per heavy atom. The Bertz CT molecular complexity index is 336. The van der Waals surface area contributed by atoms with Crippen LogP contribution in [0, 0.1) is 0 Å². The smallest absolute Gasteiger partial charge is 0.116 e. The third kappa shape index (κ3) is 2.76. The number of hydrogen-bond acceptors (Lipinski definition) is 3. The molecule has 0 amide bonds. The van der Waals surface area contributed by atoms with Crippen molar-refractivity contribution < 1.29 is 8.95 Å². The molecule has 0 saturated carbocycles. The van der Waals surface area contributed by atoms with Gasteiger partial charge >= 0.3 is 0 Å². The van der Waals surface area contributed by atoms with Crippen LogP contribution in [0.25, 0.3) is 0 Å². The van der Waals surface area contributed by atoms with Crippen molar-refractivity contribution >= 4 is 17.7 Å². The van der Waals surface area contributed by atoms with Gasteiger partial charge in [0.2, 0.25) is 0 Å². The van der Waals surface area contributed by atoms with Crippen LogP contribution in [0.4, 0.5) is 0 Å². The normalized spacial score (nSPS) is 23.5. The zero-order chi connectivity index (χ0) is 11.4. The molecule has 0 spiro atoms. The van der Waals surface area contributed by atoms with E-state index < -0.39 is 11.0 Å². The van der Waals surface area contributed by atoms with E-state index in [9.17, 15) is 4.21 Å². The maximum absolute atomic E-state index is 11.2. The van der Waals surface area contributed by atoms with E-state index in [1.165, 1.54) is 0 Å². The summed E-state index contributed by atoms with van der Waals surface area (Å²) in [5.41, 5.74) is 1.77. The fraction of sp³-hybridized carbons (Fsp3) is 0.500. The molecule has 15 heavy (non-hydrogen) atoms. The van der Waals surface area contributed by atoms with Crippen LogP contribution in [-0.4, -0.2) is 23.3 Å². The van der Waals surface area contributed by atoms with Gasteiger partial charge in [0.15, 0.2) is 0 Å². The van der Waals surface area contributed by atoms with Crippen LogP contribution >= 0.6 is 0 Å². The fourth-order valence-corrected chi connectivity index (χ4v) is 2.35. The minimum absolute atomic E-state index is 0.0302. The zero-order valence-corrected chi connectivity index (χ0v) is 9.68. The SMILES string of the molecule is C=NC1=C(C(=C)OC)CC(S(N)=O)CC1. The Morgan fingerprint density at radius 2 is 2.40 bits per heavy atom. The lowest BCUT2D eigenvalue weighted by atomic mass is 9.95. The molecule has 2 unspecified atom stereocenters. The quantitative estimate of drug-likeness (QED) is 0.582. The van der Waals surface area contributed by atoms with Crippen molar-refractivity contribution in [1.82, 2.24) is 0 Å². The summed E-state index contributed by atoms with van der Waals surface area (Å²) in [5, 5.41) is 5.36. The number of allylic oxidation sites excluding steroid dienone is 2. The Morgan fingerprint density at radius 1 is 1.73 bits per heavy atom. The van der Waals surface area contributed by atoms with E-state index in [0.717, 1.165) is 24.1 Å². The second kappa shape index (κ2) is 5.23. The number of rotatable bonds is 4. The van der Waals surface area contributed by atoms with Gasteiger partial charge in [-0.15, -0.1) is 0 Å². The molecule has 0 heterocycles. The van der Waals surface area contributed by atoms with E-state index in [2.05, 4.69) is 18.3 Å². The number of nitrogens with two attached hydrogens (primary N) is 1. The van der Waals surface area contributed by atoms with Gasteiger partial charge in [0, 0.05) is 11.3 Å². The first-order valence-corrected chi connectivity index (χ1v) is 5.94. The van der Waals surface area contributed by atoms with Gasteiger partial charge in [-0.1, -0.05) is 6.58 Å². The molecule has 5 heteroatoms. The number of methoxy groups -OCH3 is 1. The van der Waals surface area contributed by atoms with Gasteiger partial charge in [0.05, 0.1) is 23.3 Å². The summed E-state index contributed by atoms with van der Waals surface area (Å²) < 4.78 is 16.3. The summed E-state index contributed by atoms with van der Waals surface area (Å²) in [7, 11) is 0.254. The summed E-state index contributed by atoms with van der Waals surface area (Å²) in [6.45, 7) is 7.29. The van der Waals surface area contributed by atoms with Gasteiger partial charge in [-0.3, -0.25) is 10.1 Å². The summed E-state index contributed by atoms with van der Waals surface area (Å²) in [5.74, 6) is 0.563. The van der Waals surface area contributed by atoms with Crippen LogP contribution in [0.3, 0.4) is 0 Å². The topological polar surface area (TPSA) is 64.7 Å². The number of aliphatic imine (C=N–C) groups is 1. The zero-order valence-electron chi connectivity index (χ0n) is 8.86. The molecule has 1 aliphatic carbocycles. The fourth-order valence-electron chi connectivity index (χ4n) is 1.67. The Hall–Kier alpha value is -0.940. The van der Waals surface area contributed by atoms with E-state index in [1.54, 1.807) is 7.11 Å². The standard InChI is InChI=1S/C10H16N2O2S/c1-7(14-3)9-6-8(15(11)13)4-5-10(9)12-2/h8H,1-2,4-6,11H2,3H3. The Kier molecular flexibility index (Phi) is 4.23. The van der Waals surface area contributed by atoms with Crippen LogP contribution in [-0.2, 0) is 15.7 Å². The second-order valence-corrected chi connectivity index (χ2v) is 4.73. The lowest BCUT2D eigenvalue weighted by molar-refractivity contribution is 0.297. The highest BCUT2D eigenvalue weighted by Gasteiger charge is 2.25. The van der Waals surface area contributed by atoms with E-state index in [4.69, 9.17) is 9.88 Å². The van der Waals surface area contributed by atoms with Crippen molar-refractivity contribution in [3.63, 3.8) is 0 Å². The second-order valence-electron chi connectivity index (χ2n) is 3.40. The molecular weight excluding hydrogens is 212 g/mol. The predicted molar refractivity (Wildman–Crippen MR) is 62.7 cm³/mol. The van der Waals surface area contributed by atoms with Gasteiger partial charge in [0.1, 0.15) is 5.76 Å². The largest absolute Gasteiger partial charge is 0.497 e. The van der Waals surface area contributed by atoms with Crippen molar-refractivity contribution in [2.45, 2.75) is 24.5 Å². The van der Waals surface area contributed by atoms with Crippen LogP contribution in [0.2, 0.25) is 0 Å². The van der Waals surface area contributed by atoms with Gasteiger partial charge in [0.25, 0.3) is 0 Å². The Balaban J connectivity index is 2.93. The molecule has 0 aliphatic heterocycles. The first-order valence-electron chi connectivity index (χ1n) is 4.67. The maximum Gasteiger partial charge on any atom is 0.116 e. The number of hydrogen-bond donors (Lipinski definition) is 1. The molecule has 0 saturated heterocycles. The van der Waals surface area contributed by atoms with E-state index in [0.29, 0.717) is 12.2 Å². The van der Waals surface area contributed by atoms with E-state index in [1.807, 2.05) is 0 Å². The molecule has 0 aromatic carbocycles. The van der Waals surface area contributed by atoms with Crippen molar-refractivity contribution in [3.05, 3.63) is 23.6 Å². The van der Waals surface area contributed by atoms with Crippen LogP contribution < -0.4 is 5.14 Å². The van der Waals surface area contributed by atoms with Crippen LogP contribution in [0.15, 0.2) is 28.6 Å². The third-order valence-electron chi connectivity index (χ3n) is 2.59. The average Bonchev–Trinajstić information content (AvgIpc) is 2.27. The minimum Gasteiger partial charge on any atom is -0.497 e. The average molecular weight is 228 g/mol. The highest BCUT2D eigenvalue weighted by molar-refractivity contribution is 7.83. The summed E-state index contributed by atoms with van der Waals surface area (Å²) >= 11 is 0. The first-order chi connectivity index (χ1) is 7.10. The Labute approximate surface area is 92.5 Å². The molecule has 0 radical (unpaired) electrons. The molecule has 4 nitrogen and oxygen atoms in total. The first kappa shape index (κ1) is 12.1. The minimum atomic E-state index is -1.30. The van der Waals surface area contributed by atoms with Gasteiger partial charge in [-0.05, 0) is 26.0 Å². The lowest BCUT2D eigenvalue weighted by Gasteiger charge is -2.24. The van der Waals surface area contributed by atoms with Crippen molar-refractivity contribution in [2.75, 3.05) is 7.11 Å². The number of ether oxygens (including phenoxy) is 1. The van der Waals surface area contributed by atoms with E-state index >= 15 is 0 Å². The molecule has 0 bridgehead atoms. The summed E-state index contributed by atoms with van der Waals surface area (Å²) in [6.07, 6.45) is 2.11. The highest BCUT2D eigenvalue weighted by atomic mass is 32.2. The molecule has 0 aromatic heterocycles. The summed E-state index contributed by atoms with van der Waals surface area (Å²) in [6, 6.07) is 0. The van der Waals surface area contributed by atoms with Crippen LogP contribution in [0.5, 0.6) is 0 Å². The third-order valence-corrected chi connectivity index (χ3v) is 3.65. The molecule has 2 N–H and O–H groups in total. The van der Waals surface area contributed by atoms with Crippen LogP contribution in [0.1, 0.15) is 19.3 Å². The molecule has 84 valence electrons. The van der Waals surface area contributed by atoms with Crippen molar-refractivity contribution in [1.29, 1.82) is 0 Å². The van der Waals surface area contributed by atoms with Crippen molar-refractivity contribution in [2.24, 2.45) is 10.1 Å². The van der Waals surface area contributed by atoms with Gasteiger partial charge in [-0.2, -0.15) is 0 Å². The van der Waals surface area contributed by atoms with Gasteiger partial charge in [-0.25, -0.2) is 4.21 Å². The molecule has 2 atom stereocenters. The molecular formula is C10H16N2O2S. The molecule has 0 aromatic rings. The lowest BCUT2D eigenvalue weighted by Crippen LogP contribution is -2.26. The van der Waals surface area contributed by atoms with Crippen molar-refractivity contribution in [3.8, 4) is 0 Å².